The average molecular weight is 302 g/mol. The maximum atomic E-state index is 11.8. The number of benzene rings is 1. The Kier molecular flexibility index (Phi) is 3.66. The minimum Gasteiger partial charge on any atom is -0.326 e. The number of hydrazone groups is 1. The van der Waals surface area contributed by atoms with E-state index in [9.17, 15) is 9.59 Å². The third-order valence-corrected chi connectivity index (χ3v) is 3.93. The van der Waals surface area contributed by atoms with E-state index in [2.05, 4.69) is 15.8 Å². The summed E-state index contributed by atoms with van der Waals surface area (Å²) in [6, 6.07) is 7.20. The minimum absolute atomic E-state index is 0.125. The number of amides is 3. The summed E-state index contributed by atoms with van der Waals surface area (Å²) in [6.45, 7) is 2.12. The van der Waals surface area contributed by atoms with E-state index in [-0.39, 0.29) is 11.9 Å². The molecule has 0 unspecified atom stereocenters. The maximum Gasteiger partial charge on any atom is 0.342 e. The standard InChI is InChI=1S/C14H14N4O2S/c1-9(19)15-11-4-2-3-10(7-11)13-12-8-21-6-5-18(12)14(20)17-16-13/h2-4,7-8H,5-6H2,1H3,(H,15,19)(H,17,20). The summed E-state index contributed by atoms with van der Waals surface area (Å²) >= 11 is 1.66. The van der Waals surface area contributed by atoms with Gasteiger partial charge in [0.25, 0.3) is 0 Å². The lowest BCUT2D eigenvalue weighted by Gasteiger charge is -2.31. The molecule has 1 aromatic carbocycles. The van der Waals surface area contributed by atoms with Crippen LogP contribution < -0.4 is 10.7 Å². The van der Waals surface area contributed by atoms with Gasteiger partial charge in [0.15, 0.2) is 0 Å². The first-order valence-corrected chi connectivity index (χ1v) is 7.55. The van der Waals surface area contributed by atoms with Crippen LogP contribution in [-0.4, -0.2) is 34.8 Å². The molecule has 2 aliphatic rings. The first-order chi connectivity index (χ1) is 10.1. The molecule has 0 saturated carbocycles. The van der Waals surface area contributed by atoms with E-state index < -0.39 is 0 Å². The zero-order valence-electron chi connectivity index (χ0n) is 11.4. The fourth-order valence-electron chi connectivity index (χ4n) is 2.24. The lowest BCUT2D eigenvalue weighted by molar-refractivity contribution is -0.114. The number of allylic oxidation sites excluding steroid dienone is 1. The number of nitrogens with zero attached hydrogens (tertiary/aromatic N) is 2. The number of urea groups is 1. The smallest absolute Gasteiger partial charge is 0.326 e. The number of fused-ring (bicyclic) bond motifs is 1. The molecule has 0 aliphatic carbocycles. The van der Waals surface area contributed by atoms with Gasteiger partial charge in [0.2, 0.25) is 5.91 Å². The van der Waals surface area contributed by atoms with Gasteiger partial charge in [-0.3, -0.25) is 9.69 Å². The summed E-state index contributed by atoms with van der Waals surface area (Å²) in [6.07, 6.45) is 0. The van der Waals surface area contributed by atoms with Crippen molar-refractivity contribution in [3.63, 3.8) is 0 Å². The fourth-order valence-corrected chi connectivity index (χ4v) is 3.04. The highest BCUT2D eigenvalue weighted by Crippen LogP contribution is 2.26. The molecule has 0 radical (unpaired) electrons. The zero-order valence-corrected chi connectivity index (χ0v) is 12.2. The second-order valence-electron chi connectivity index (χ2n) is 4.66. The molecule has 2 heterocycles. The number of hydrogen-bond acceptors (Lipinski definition) is 4. The van der Waals surface area contributed by atoms with Crippen LogP contribution in [0.3, 0.4) is 0 Å². The Morgan fingerprint density at radius 3 is 3.14 bits per heavy atom. The van der Waals surface area contributed by atoms with Gasteiger partial charge < -0.3 is 5.32 Å². The molecule has 108 valence electrons. The van der Waals surface area contributed by atoms with Crippen LogP contribution in [0.1, 0.15) is 12.5 Å². The van der Waals surface area contributed by atoms with E-state index in [1.807, 2.05) is 29.7 Å². The Bertz CT molecular complexity index is 669. The number of carbonyl (C=O) groups is 2. The van der Waals surface area contributed by atoms with Crippen molar-refractivity contribution in [1.82, 2.24) is 10.3 Å². The second kappa shape index (κ2) is 5.61. The maximum absolute atomic E-state index is 11.8. The first-order valence-electron chi connectivity index (χ1n) is 6.50. The van der Waals surface area contributed by atoms with Crippen molar-refractivity contribution in [3.8, 4) is 0 Å². The van der Waals surface area contributed by atoms with Crippen molar-refractivity contribution in [3.05, 3.63) is 40.9 Å². The predicted octanol–water partition coefficient (Wildman–Crippen LogP) is 1.96. The van der Waals surface area contributed by atoms with Crippen LogP contribution in [0.25, 0.3) is 0 Å². The number of rotatable bonds is 2. The average Bonchev–Trinajstić information content (AvgIpc) is 2.47. The van der Waals surface area contributed by atoms with Crippen LogP contribution in [0, 0.1) is 0 Å². The number of carbonyl (C=O) groups excluding carboxylic acids is 2. The van der Waals surface area contributed by atoms with Crippen molar-refractivity contribution in [2.45, 2.75) is 6.92 Å². The predicted molar refractivity (Wildman–Crippen MR) is 83.1 cm³/mol. The normalized spacial score (nSPS) is 17.4. The van der Waals surface area contributed by atoms with E-state index in [0.29, 0.717) is 17.9 Å². The Morgan fingerprint density at radius 1 is 1.48 bits per heavy atom. The Morgan fingerprint density at radius 2 is 2.33 bits per heavy atom. The molecule has 0 bridgehead atoms. The quantitative estimate of drug-likeness (QED) is 0.877. The van der Waals surface area contributed by atoms with Gasteiger partial charge in [-0.25, -0.2) is 10.2 Å². The van der Waals surface area contributed by atoms with E-state index >= 15 is 0 Å². The molecule has 2 N–H and O–H groups in total. The van der Waals surface area contributed by atoms with Crippen LogP contribution in [-0.2, 0) is 4.79 Å². The molecule has 3 rings (SSSR count). The summed E-state index contributed by atoms with van der Waals surface area (Å²) in [5.74, 6) is 0.746. The first kappa shape index (κ1) is 13.7. The third kappa shape index (κ3) is 2.78. The summed E-state index contributed by atoms with van der Waals surface area (Å²) in [5.41, 5.74) is 5.58. The van der Waals surface area contributed by atoms with Crippen LogP contribution in [0.4, 0.5) is 10.5 Å². The number of anilines is 1. The monoisotopic (exact) mass is 302 g/mol. The molecule has 7 heteroatoms. The largest absolute Gasteiger partial charge is 0.342 e. The molecule has 0 spiro atoms. The number of nitrogens with one attached hydrogen (secondary N) is 2. The van der Waals surface area contributed by atoms with E-state index in [1.165, 1.54) is 6.92 Å². The number of hydrogen-bond donors (Lipinski definition) is 2. The lowest BCUT2D eigenvalue weighted by atomic mass is 10.1. The molecule has 0 aromatic heterocycles. The Balaban J connectivity index is 1.97. The molecule has 0 atom stereocenters. The Labute approximate surface area is 126 Å². The SMILES string of the molecule is CC(=O)Nc1cccc(C2=NNC(=O)N3CCSC=C23)c1. The molecule has 0 fully saturated rings. The van der Waals surface area contributed by atoms with Gasteiger partial charge in [0.05, 0.1) is 5.70 Å². The van der Waals surface area contributed by atoms with Gasteiger partial charge >= 0.3 is 6.03 Å². The molecule has 3 amide bonds. The minimum atomic E-state index is -0.205. The van der Waals surface area contributed by atoms with E-state index in [4.69, 9.17) is 0 Å². The van der Waals surface area contributed by atoms with Gasteiger partial charge in [0.1, 0.15) is 5.71 Å². The number of thioether (sulfide) groups is 1. The summed E-state index contributed by atoms with van der Waals surface area (Å²) in [4.78, 5) is 24.7. The van der Waals surface area contributed by atoms with Crippen molar-refractivity contribution < 1.29 is 9.59 Å². The van der Waals surface area contributed by atoms with Crippen LogP contribution in [0.15, 0.2) is 40.5 Å². The highest BCUT2D eigenvalue weighted by molar-refractivity contribution is 8.02. The van der Waals surface area contributed by atoms with Crippen molar-refractivity contribution in [2.24, 2.45) is 5.10 Å². The lowest BCUT2D eigenvalue weighted by Crippen LogP contribution is -2.46. The molecule has 21 heavy (non-hydrogen) atoms. The van der Waals surface area contributed by atoms with Crippen LogP contribution in [0.5, 0.6) is 0 Å². The van der Waals surface area contributed by atoms with E-state index in [1.54, 1.807) is 16.7 Å². The van der Waals surface area contributed by atoms with Gasteiger partial charge in [-0.2, -0.15) is 5.10 Å². The highest BCUT2D eigenvalue weighted by atomic mass is 32.2. The van der Waals surface area contributed by atoms with Gasteiger partial charge in [0, 0.05) is 30.5 Å². The second-order valence-corrected chi connectivity index (χ2v) is 5.64. The van der Waals surface area contributed by atoms with Gasteiger partial charge in [-0.1, -0.05) is 12.1 Å². The van der Waals surface area contributed by atoms with Crippen molar-refractivity contribution in [2.75, 3.05) is 17.6 Å². The van der Waals surface area contributed by atoms with E-state index in [0.717, 1.165) is 17.0 Å². The molecular weight excluding hydrogens is 288 g/mol. The Hall–Kier alpha value is -2.28. The molecule has 2 aliphatic heterocycles. The summed E-state index contributed by atoms with van der Waals surface area (Å²) < 4.78 is 0. The van der Waals surface area contributed by atoms with Crippen molar-refractivity contribution in [1.29, 1.82) is 0 Å². The summed E-state index contributed by atoms with van der Waals surface area (Å²) in [5, 5.41) is 8.86. The molecule has 0 saturated heterocycles. The van der Waals surface area contributed by atoms with Gasteiger partial charge in [-0.15, -0.1) is 11.8 Å². The van der Waals surface area contributed by atoms with Crippen LogP contribution >= 0.6 is 11.8 Å². The third-order valence-electron chi connectivity index (χ3n) is 3.13. The van der Waals surface area contributed by atoms with Crippen molar-refractivity contribution >= 4 is 35.1 Å². The zero-order chi connectivity index (χ0) is 14.8. The topological polar surface area (TPSA) is 73.8 Å². The summed E-state index contributed by atoms with van der Waals surface area (Å²) in [7, 11) is 0. The molecule has 6 nitrogen and oxygen atoms in total. The molecular formula is C14H14N4O2S. The van der Waals surface area contributed by atoms with Crippen LogP contribution in [0.2, 0.25) is 0 Å². The van der Waals surface area contributed by atoms with Gasteiger partial charge in [-0.05, 0) is 17.5 Å². The fraction of sp³-hybridized carbons (Fsp3) is 0.214. The highest BCUT2D eigenvalue weighted by Gasteiger charge is 2.29. The molecule has 1 aromatic rings.